The minimum atomic E-state index is -4.63. The van der Waals surface area contributed by atoms with Crippen molar-refractivity contribution in [1.82, 2.24) is 0 Å². The van der Waals surface area contributed by atoms with Gasteiger partial charge in [-0.25, -0.2) is 4.57 Å². The predicted molar refractivity (Wildman–Crippen MR) is 242 cm³/mol. The molecule has 10 nitrogen and oxygen atoms in total. The number of phosphoric ester groups is 1. The number of hydrogen-bond acceptors (Lipinski definition) is 9. The Kier molecular flexibility index (Phi) is 42.0. The number of phosphoric acid groups is 1. The van der Waals surface area contributed by atoms with E-state index in [4.69, 9.17) is 19.1 Å². The Morgan fingerprint density at radius 2 is 0.898 bits per heavy atom. The van der Waals surface area contributed by atoms with Gasteiger partial charge in [0.25, 0.3) is 0 Å². The molecular weight excluding hydrogens is 767 g/mol. The quantitative estimate of drug-likeness (QED) is 0.0234. The number of carbonyl (C=O) groups is 2. The van der Waals surface area contributed by atoms with Crippen LogP contribution in [0.4, 0.5) is 0 Å². The summed E-state index contributed by atoms with van der Waals surface area (Å²) in [5, 5.41) is 18.3. The summed E-state index contributed by atoms with van der Waals surface area (Å²) in [6.45, 7) is 2.30. The number of esters is 2. The minimum absolute atomic E-state index is 0.163. The predicted octanol–water partition coefficient (Wildman–Crippen LogP) is 12.7. The van der Waals surface area contributed by atoms with Crippen molar-refractivity contribution in [2.45, 2.75) is 206 Å². The van der Waals surface area contributed by atoms with Crippen molar-refractivity contribution < 1.29 is 47.8 Å². The van der Waals surface area contributed by atoms with E-state index in [9.17, 15) is 24.2 Å². The van der Waals surface area contributed by atoms with E-state index in [2.05, 4.69) is 73.1 Å². The van der Waals surface area contributed by atoms with E-state index in [-0.39, 0.29) is 19.4 Å². The average Bonchev–Trinajstić information content (AvgIpc) is 3.22. The molecule has 0 aliphatic heterocycles. The van der Waals surface area contributed by atoms with Gasteiger partial charge in [0.1, 0.15) is 12.7 Å². The molecule has 0 spiro atoms. The first-order chi connectivity index (χ1) is 28.7. The van der Waals surface area contributed by atoms with Crippen LogP contribution in [-0.4, -0.2) is 65.7 Å². The number of ether oxygens (including phenoxy) is 2. The summed E-state index contributed by atoms with van der Waals surface area (Å²) in [5.74, 6) is -0.996. The van der Waals surface area contributed by atoms with Crippen LogP contribution >= 0.6 is 7.82 Å². The van der Waals surface area contributed by atoms with Crippen molar-refractivity contribution in [3.63, 3.8) is 0 Å². The largest absolute Gasteiger partial charge is 0.472 e. The van der Waals surface area contributed by atoms with E-state index < -0.39 is 51.8 Å². The summed E-state index contributed by atoms with van der Waals surface area (Å²) >= 11 is 0. The summed E-state index contributed by atoms with van der Waals surface area (Å²) in [7, 11) is -4.63. The highest BCUT2D eigenvalue weighted by Gasteiger charge is 2.27. The minimum Gasteiger partial charge on any atom is -0.462 e. The number of aliphatic hydroxyl groups is 2. The van der Waals surface area contributed by atoms with Crippen molar-refractivity contribution in [3.05, 3.63) is 60.8 Å². The molecular formula is C48H85O10P. The van der Waals surface area contributed by atoms with Crippen LogP contribution in [-0.2, 0) is 32.7 Å². The summed E-state index contributed by atoms with van der Waals surface area (Å²) in [6, 6.07) is 0. The maximum atomic E-state index is 12.6. The van der Waals surface area contributed by atoms with Gasteiger partial charge in [-0.1, -0.05) is 164 Å². The van der Waals surface area contributed by atoms with Crippen LogP contribution in [0.1, 0.15) is 194 Å². The lowest BCUT2D eigenvalue weighted by Gasteiger charge is -2.20. The molecule has 0 saturated heterocycles. The van der Waals surface area contributed by atoms with Crippen LogP contribution < -0.4 is 0 Å². The van der Waals surface area contributed by atoms with Crippen LogP contribution in [0.15, 0.2) is 60.8 Å². The molecule has 342 valence electrons. The zero-order chi connectivity index (χ0) is 43.3. The lowest BCUT2D eigenvalue weighted by Crippen LogP contribution is -2.29. The Bertz CT molecular complexity index is 1160. The van der Waals surface area contributed by atoms with E-state index in [1.807, 2.05) is 6.08 Å². The fraction of sp³-hybridized carbons (Fsp3) is 0.750. The molecule has 0 radical (unpaired) electrons. The smallest absolute Gasteiger partial charge is 0.462 e. The molecule has 0 aromatic heterocycles. The topological polar surface area (TPSA) is 149 Å². The normalized spacial score (nSPS) is 14.3. The molecule has 0 rings (SSSR count). The van der Waals surface area contributed by atoms with Crippen molar-refractivity contribution in [2.24, 2.45) is 0 Å². The van der Waals surface area contributed by atoms with E-state index in [1.165, 1.54) is 103 Å². The van der Waals surface area contributed by atoms with E-state index in [1.54, 1.807) is 0 Å². The highest BCUT2D eigenvalue weighted by atomic mass is 31.2. The SMILES string of the molecule is CCCCCC/C=C/CCCCCCCCCC(=O)O[C@@H](COC(=O)CCC/C=C/C/C=C/C/C=C/C/C=C/CCCCCCCCC)COP(=O)(O)OC[C@H](O)CO. The third kappa shape index (κ3) is 43.6. The molecule has 11 heteroatoms. The molecule has 0 amide bonds. The van der Waals surface area contributed by atoms with Crippen LogP contribution in [0, 0.1) is 0 Å². The van der Waals surface area contributed by atoms with Gasteiger partial charge >= 0.3 is 19.8 Å². The van der Waals surface area contributed by atoms with Gasteiger partial charge in [-0.05, 0) is 77.0 Å². The molecule has 3 N–H and O–H groups in total. The molecule has 0 saturated carbocycles. The fourth-order valence-corrected chi connectivity index (χ4v) is 6.83. The number of aliphatic hydroxyl groups excluding tert-OH is 2. The number of rotatable bonds is 43. The number of allylic oxidation sites excluding steroid dienone is 10. The van der Waals surface area contributed by atoms with Gasteiger partial charge in [0.05, 0.1) is 19.8 Å². The number of unbranched alkanes of at least 4 members (excludes halogenated alkanes) is 19. The third-order valence-corrected chi connectivity index (χ3v) is 10.6. The monoisotopic (exact) mass is 853 g/mol. The Morgan fingerprint density at radius 3 is 1.41 bits per heavy atom. The van der Waals surface area contributed by atoms with Gasteiger partial charge in [-0.3, -0.25) is 18.6 Å². The zero-order valence-electron chi connectivity index (χ0n) is 37.2. The fourth-order valence-electron chi connectivity index (χ4n) is 6.04. The lowest BCUT2D eigenvalue weighted by atomic mass is 10.1. The number of carbonyl (C=O) groups excluding carboxylic acids is 2. The Hall–Kier alpha value is -2.33. The summed E-state index contributed by atoms with van der Waals surface area (Å²) in [6.07, 6.45) is 49.1. The Balaban J connectivity index is 4.35. The molecule has 1 unspecified atom stereocenters. The van der Waals surface area contributed by atoms with Crippen LogP contribution in [0.2, 0.25) is 0 Å². The van der Waals surface area contributed by atoms with Crippen LogP contribution in [0.5, 0.6) is 0 Å². The second-order valence-electron chi connectivity index (χ2n) is 15.4. The molecule has 0 fully saturated rings. The molecule has 3 atom stereocenters. The average molecular weight is 853 g/mol. The highest BCUT2D eigenvalue weighted by molar-refractivity contribution is 7.47. The first-order valence-corrected chi connectivity index (χ1v) is 24.7. The van der Waals surface area contributed by atoms with Crippen molar-refractivity contribution in [3.8, 4) is 0 Å². The van der Waals surface area contributed by atoms with Crippen molar-refractivity contribution in [2.75, 3.05) is 26.4 Å². The second-order valence-corrected chi connectivity index (χ2v) is 16.9. The summed E-state index contributed by atoms with van der Waals surface area (Å²) in [5.41, 5.74) is 0. The Labute approximate surface area is 359 Å². The number of hydrogen-bond donors (Lipinski definition) is 3. The molecule has 0 heterocycles. The van der Waals surface area contributed by atoms with Gasteiger partial charge < -0.3 is 24.6 Å². The maximum absolute atomic E-state index is 12.6. The highest BCUT2D eigenvalue weighted by Crippen LogP contribution is 2.43. The third-order valence-electron chi connectivity index (χ3n) is 9.64. The molecule has 0 bridgehead atoms. The van der Waals surface area contributed by atoms with Gasteiger partial charge in [-0.15, -0.1) is 0 Å². The van der Waals surface area contributed by atoms with E-state index in [0.717, 1.165) is 44.9 Å². The van der Waals surface area contributed by atoms with Crippen molar-refractivity contribution >= 4 is 19.8 Å². The Morgan fingerprint density at radius 1 is 0.508 bits per heavy atom. The van der Waals surface area contributed by atoms with E-state index in [0.29, 0.717) is 19.3 Å². The van der Waals surface area contributed by atoms with Crippen molar-refractivity contribution in [1.29, 1.82) is 0 Å². The van der Waals surface area contributed by atoms with Gasteiger partial charge in [0, 0.05) is 12.8 Å². The van der Waals surface area contributed by atoms with Crippen LogP contribution in [0.3, 0.4) is 0 Å². The first-order valence-electron chi connectivity index (χ1n) is 23.2. The van der Waals surface area contributed by atoms with Gasteiger partial charge in [0.15, 0.2) is 6.10 Å². The molecule has 0 aromatic carbocycles. The summed E-state index contributed by atoms with van der Waals surface area (Å²) in [4.78, 5) is 35.0. The maximum Gasteiger partial charge on any atom is 0.472 e. The van der Waals surface area contributed by atoms with Crippen LogP contribution in [0.25, 0.3) is 0 Å². The first kappa shape index (κ1) is 56.7. The van der Waals surface area contributed by atoms with Gasteiger partial charge in [-0.2, -0.15) is 0 Å². The molecule has 0 aliphatic carbocycles. The van der Waals surface area contributed by atoms with Gasteiger partial charge in [0.2, 0.25) is 0 Å². The van der Waals surface area contributed by atoms with E-state index >= 15 is 0 Å². The summed E-state index contributed by atoms with van der Waals surface area (Å²) < 4.78 is 32.7. The molecule has 0 aromatic rings. The lowest BCUT2D eigenvalue weighted by molar-refractivity contribution is -0.161. The second kappa shape index (κ2) is 43.7. The standard InChI is InChI=1S/C48H85O10P/c1-3-5-7-9-11-13-15-17-19-20-21-22-23-24-26-27-29-31-33-35-37-39-47(51)55-43-46(44-57-59(53,54)56-42-45(50)41-49)58-48(52)40-38-36-34-32-30-28-25-18-16-14-12-10-8-6-4-2/h14,16,19-20,22-23,26-27,31,33,45-46,49-50H,3-13,15,17-18,21,24-25,28-30,32,34-44H2,1-2H3,(H,53,54)/b16-14+,20-19+,23-22+,27-26+,33-31+/t45-,46+/m1/s1. The molecule has 59 heavy (non-hydrogen) atoms. The zero-order valence-corrected chi connectivity index (χ0v) is 38.1. The molecule has 0 aliphatic rings.